The number of rotatable bonds is 5. The summed E-state index contributed by atoms with van der Waals surface area (Å²) in [6, 6.07) is 9.48. The van der Waals surface area contributed by atoms with Crippen molar-refractivity contribution >= 4 is 0 Å². The Hall–Kier alpha value is -1.06. The molecule has 0 saturated carbocycles. The Bertz CT molecular complexity index is 223. The predicted octanol–water partition coefficient (Wildman–Crippen LogP) is 2.38. The van der Waals surface area contributed by atoms with E-state index in [1.807, 2.05) is 37.3 Å². The molecule has 0 saturated heterocycles. The van der Waals surface area contributed by atoms with E-state index in [2.05, 4.69) is 0 Å². The minimum atomic E-state index is -0.387. The lowest BCUT2D eigenvalue weighted by Crippen LogP contribution is -2.16. The summed E-state index contributed by atoms with van der Waals surface area (Å²) < 4.78 is 5.37. The molecular formula is C10H14O3. The summed E-state index contributed by atoms with van der Waals surface area (Å²) in [7, 11) is 0. The second-order valence-electron chi connectivity index (χ2n) is 2.50. The molecule has 1 rings (SSSR count). The zero-order chi connectivity index (χ0) is 9.52. The molecule has 0 fully saturated rings. The Morgan fingerprint density at radius 3 is 2.54 bits per heavy atom. The van der Waals surface area contributed by atoms with Crippen molar-refractivity contribution in [3.63, 3.8) is 0 Å². The van der Waals surface area contributed by atoms with Crippen LogP contribution in [0.4, 0.5) is 0 Å². The van der Waals surface area contributed by atoms with E-state index in [9.17, 15) is 0 Å². The summed E-state index contributed by atoms with van der Waals surface area (Å²) in [5.74, 6) is 0.773. The highest BCUT2D eigenvalue weighted by atomic mass is 17.2. The van der Waals surface area contributed by atoms with E-state index < -0.39 is 0 Å². The van der Waals surface area contributed by atoms with Crippen molar-refractivity contribution in [2.45, 2.75) is 20.1 Å². The Labute approximate surface area is 78.2 Å². The molecule has 1 atom stereocenters. The van der Waals surface area contributed by atoms with Crippen LogP contribution in [-0.4, -0.2) is 12.9 Å². The third-order valence-corrected chi connectivity index (χ3v) is 1.37. The maximum Gasteiger partial charge on any atom is 0.228 e. The van der Waals surface area contributed by atoms with Gasteiger partial charge in [-0.2, -0.15) is 4.89 Å². The van der Waals surface area contributed by atoms with E-state index in [0.717, 1.165) is 5.75 Å². The van der Waals surface area contributed by atoms with Crippen molar-refractivity contribution in [1.29, 1.82) is 0 Å². The smallest absolute Gasteiger partial charge is 0.228 e. The van der Waals surface area contributed by atoms with Crippen LogP contribution in [0.2, 0.25) is 0 Å². The Morgan fingerprint density at radius 1 is 1.23 bits per heavy atom. The van der Waals surface area contributed by atoms with E-state index in [1.165, 1.54) is 0 Å². The summed E-state index contributed by atoms with van der Waals surface area (Å²) in [5, 5.41) is 0. The van der Waals surface area contributed by atoms with Crippen LogP contribution in [0.3, 0.4) is 0 Å². The molecule has 3 heteroatoms. The standard InChI is InChI=1S/C10H14O3/c1-3-11-13-9(2)12-10-7-5-4-6-8-10/h4-9H,3H2,1-2H3. The van der Waals surface area contributed by atoms with E-state index in [1.54, 1.807) is 6.92 Å². The first-order valence-electron chi connectivity index (χ1n) is 4.33. The zero-order valence-electron chi connectivity index (χ0n) is 7.90. The van der Waals surface area contributed by atoms with Gasteiger partial charge in [-0.25, -0.2) is 4.89 Å². The fraction of sp³-hybridized carbons (Fsp3) is 0.400. The molecule has 72 valence electrons. The molecule has 0 spiro atoms. The topological polar surface area (TPSA) is 27.7 Å². The molecule has 0 aliphatic heterocycles. The average Bonchev–Trinajstić information content (AvgIpc) is 2.16. The highest BCUT2D eigenvalue weighted by molar-refractivity contribution is 5.20. The molecule has 0 N–H and O–H groups in total. The van der Waals surface area contributed by atoms with Gasteiger partial charge in [-0.1, -0.05) is 18.2 Å². The van der Waals surface area contributed by atoms with Gasteiger partial charge in [0.25, 0.3) is 0 Å². The van der Waals surface area contributed by atoms with Gasteiger partial charge in [-0.3, -0.25) is 0 Å². The SMILES string of the molecule is CCOOC(C)Oc1ccccc1. The molecule has 0 heterocycles. The molecule has 0 aromatic heterocycles. The van der Waals surface area contributed by atoms with E-state index in [0.29, 0.717) is 6.61 Å². The van der Waals surface area contributed by atoms with Crippen LogP contribution in [0.5, 0.6) is 5.75 Å². The Kier molecular flexibility index (Phi) is 4.29. The van der Waals surface area contributed by atoms with E-state index in [-0.39, 0.29) is 6.29 Å². The molecule has 3 nitrogen and oxygen atoms in total. The lowest BCUT2D eigenvalue weighted by molar-refractivity contribution is -0.354. The van der Waals surface area contributed by atoms with Crippen LogP contribution in [-0.2, 0) is 9.78 Å². The molecule has 0 bridgehead atoms. The second kappa shape index (κ2) is 5.56. The third kappa shape index (κ3) is 3.92. The van der Waals surface area contributed by atoms with Crippen LogP contribution in [0.1, 0.15) is 13.8 Å². The van der Waals surface area contributed by atoms with Gasteiger partial charge < -0.3 is 4.74 Å². The predicted molar refractivity (Wildman–Crippen MR) is 49.2 cm³/mol. The van der Waals surface area contributed by atoms with Gasteiger partial charge in [-0.05, 0) is 19.1 Å². The first-order chi connectivity index (χ1) is 6.33. The van der Waals surface area contributed by atoms with E-state index in [4.69, 9.17) is 14.5 Å². The van der Waals surface area contributed by atoms with Crippen molar-refractivity contribution in [2.75, 3.05) is 6.61 Å². The van der Waals surface area contributed by atoms with Crippen molar-refractivity contribution in [2.24, 2.45) is 0 Å². The molecule has 0 radical (unpaired) electrons. The minimum absolute atomic E-state index is 0.387. The molecule has 0 aliphatic carbocycles. The number of hydrogen-bond donors (Lipinski definition) is 0. The highest BCUT2D eigenvalue weighted by Crippen LogP contribution is 2.11. The summed E-state index contributed by atoms with van der Waals surface area (Å²) in [6.45, 7) is 4.15. The van der Waals surface area contributed by atoms with Crippen LogP contribution in [0.25, 0.3) is 0 Å². The lowest BCUT2D eigenvalue weighted by Gasteiger charge is -2.13. The lowest BCUT2D eigenvalue weighted by atomic mass is 10.3. The molecule has 1 aromatic rings. The highest BCUT2D eigenvalue weighted by Gasteiger charge is 2.02. The fourth-order valence-electron chi connectivity index (χ4n) is 0.874. The molecule has 1 aromatic carbocycles. The van der Waals surface area contributed by atoms with Gasteiger partial charge in [-0.15, -0.1) is 0 Å². The number of ether oxygens (including phenoxy) is 1. The second-order valence-corrected chi connectivity index (χ2v) is 2.50. The number of benzene rings is 1. The first-order valence-corrected chi connectivity index (χ1v) is 4.33. The molecular weight excluding hydrogens is 168 g/mol. The van der Waals surface area contributed by atoms with Gasteiger partial charge in [0, 0.05) is 6.92 Å². The van der Waals surface area contributed by atoms with Crippen LogP contribution in [0.15, 0.2) is 30.3 Å². The van der Waals surface area contributed by atoms with Gasteiger partial charge in [0.05, 0.1) is 6.61 Å². The van der Waals surface area contributed by atoms with Gasteiger partial charge in [0.1, 0.15) is 5.75 Å². The zero-order valence-corrected chi connectivity index (χ0v) is 7.90. The summed E-state index contributed by atoms with van der Waals surface area (Å²) in [6.07, 6.45) is -0.387. The van der Waals surface area contributed by atoms with Crippen molar-refractivity contribution in [3.8, 4) is 5.75 Å². The Balaban J connectivity index is 2.32. The first kappa shape index (κ1) is 10.0. The largest absolute Gasteiger partial charge is 0.462 e. The molecule has 0 aliphatic rings. The molecule has 0 amide bonds. The summed E-state index contributed by atoms with van der Waals surface area (Å²) >= 11 is 0. The molecule has 13 heavy (non-hydrogen) atoms. The van der Waals surface area contributed by atoms with Crippen LogP contribution < -0.4 is 4.74 Å². The van der Waals surface area contributed by atoms with Crippen LogP contribution in [0, 0.1) is 0 Å². The monoisotopic (exact) mass is 182 g/mol. The summed E-state index contributed by atoms with van der Waals surface area (Å²) in [5.41, 5.74) is 0. The average molecular weight is 182 g/mol. The Morgan fingerprint density at radius 2 is 1.92 bits per heavy atom. The van der Waals surface area contributed by atoms with Crippen molar-refractivity contribution < 1.29 is 14.5 Å². The summed E-state index contributed by atoms with van der Waals surface area (Å²) in [4.78, 5) is 9.62. The van der Waals surface area contributed by atoms with Crippen molar-refractivity contribution in [1.82, 2.24) is 0 Å². The van der Waals surface area contributed by atoms with E-state index >= 15 is 0 Å². The van der Waals surface area contributed by atoms with Crippen LogP contribution >= 0.6 is 0 Å². The molecule has 1 unspecified atom stereocenters. The van der Waals surface area contributed by atoms with Gasteiger partial charge in [0.15, 0.2) is 0 Å². The maximum atomic E-state index is 5.37. The normalized spacial score (nSPS) is 12.5. The number of para-hydroxylation sites is 1. The fourth-order valence-corrected chi connectivity index (χ4v) is 0.874. The minimum Gasteiger partial charge on any atom is -0.462 e. The van der Waals surface area contributed by atoms with Crippen molar-refractivity contribution in [3.05, 3.63) is 30.3 Å². The third-order valence-electron chi connectivity index (χ3n) is 1.37. The maximum absolute atomic E-state index is 5.37. The van der Waals surface area contributed by atoms with Gasteiger partial charge >= 0.3 is 0 Å². The quantitative estimate of drug-likeness (QED) is 0.397. The van der Waals surface area contributed by atoms with Gasteiger partial charge in [0.2, 0.25) is 6.29 Å². The number of hydrogen-bond acceptors (Lipinski definition) is 3.